The average Bonchev–Trinajstić information content (AvgIpc) is 2.68. The van der Waals surface area contributed by atoms with Gasteiger partial charge in [0.25, 0.3) is 0 Å². The fraction of sp³-hybridized carbons (Fsp3) is 0.364. The quantitative estimate of drug-likeness (QED) is 0.725. The van der Waals surface area contributed by atoms with Gasteiger partial charge in [0.1, 0.15) is 12.5 Å². The molecule has 0 radical (unpaired) electrons. The minimum Gasteiger partial charge on any atom is -0.481 e. The number of ether oxygens (including phenoxy) is 1. The third-order valence-corrected chi connectivity index (χ3v) is 4.82. The number of hydrogen-bond acceptors (Lipinski definition) is 4. The summed E-state index contributed by atoms with van der Waals surface area (Å²) in [5.41, 5.74) is 2.26. The number of carboxylic acids is 1. The zero-order valence-electron chi connectivity index (χ0n) is 15.3. The zero-order valence-corrected chi connectivity index (χ0v) is 15.3. The molecule has 142 valence electrons. The molecule has 0 aromatic heterocycles. The van der Waals surface area contributed by atoms with E-state index >= 15 is 0 Å². The van der Waals surface area contributed by atoms with Crippen LogP contribution in [0, 0.1) is 0 Å². The molecule has 0 spiro atoms. The molecule has 0 aliphatic carbocycles. The Morgan fingerprint density at radius 2 is 1.48 bits per heavy atom. The van der Waals surface area contributed by atoms with Crippen LogP contribution in [0.25, 0.3) is 0 Å². The van der Waals surface area contributed by atoms with Gasteiger partial charge in [-0.15, -0.1) is 0 Å². The summed E-state index contributed by atoms with van der Waals surface area (Å²) in [6.07, 6.45) is 1.26. The van der Waals surface area contributed by atoms with E-state index in [0.29, 0.717) is 0 Å². The van der Waals surface area contributed by atoms with E-state index < -0.39 is 12.4 Å². The molecule has 0 unspecified atom stereocenters. The third kappa shape index (κ3) is 5.74. The van der Waals surface area contributed by atoms with Gasteiger partial charge in [-0.2, -0.15) is 0 Å². The maximum atomic E-state index is 11.7. The molecule has 3 rings (SSSR count). The van der Waals surface area contributed by atoms with Crippen LogP contribution in [-0.2, 0) is 14.3 Å². The van der Waals surface area contributed by atoms with Gasteiger partial charge >= 0.3 is 5.97 Å². The van der Waals surface area contributed by atoms with Gasteiger partial charge in [-0.1, -0.05) is 60.7 Å². The van der Waals surface area contributed by atoms with Crippen LogP contribution in [-0.4, -0.2) is 47.5 Å². The molecule has 1 aliphatic heterocycles. The van der Waals surface area contributed by atoms with E-state index in [1.54, 1.807) is 0 Å². The minimum absolute atomic E-state index is 0.112. The summed E-state index contributed by atoms with van der Waals surface area (Å²) >= 11 is 0. The Morgan fingerprint density at radius 3 is 1.96 bits per heavy atom. The van der Waals surface area contributed by atoms with Gasteiger partial charge < -0.3 is 9.84 Å². The van der Waals surface area contributed by atoms with Crippen molar-refractivity contribution < 1.29 is 19.4 Å². The molecule has 1 N–H and O–H groups in total. The first-order chi connectivity index (χ1) is 13.1. The number of benzene rings is 2. The highest BCUT2D eigenvalue weighted by Gasteiger charge is 2.25. The summed E-state index contributed by atoms with van der Waals surface area (Å²) in [5.74, 6) is -1.31. The molecule has 1 heterocycles. The number of carboxylic acid groups (broad SMARTS) is 1. The zero-order chi connectivity index (χ0) is 19.1. The summed E-state index contributed by atoms with van der Waals surface area (Å²) in [7, 11) is 0. The number of carbonyl (C=O) groups is 2. The fourth-order valence-corrected chi connectivity index (χ4v) is 3.48. The van der Waals surface area contributed by atoms with Crippen molar-refractivity contribution in [3.05, 3.63) is 71.8 Å². The van der Waals surface area contributed by atoms with Crippen molar-refractivity contribution in [2.75, 3.05) is 19.6 Å². The summed E-state index contributed by atoms with van der Waals surface area (Å²) < 4.78 is 6.48. The number of nitrogens with zero attached hydrogens (tertiary/aromatic N) is 1. The van der Waals surface area contributed by atoms with Crippen LogP contribution in [0.3, 0.4) is 0 Å². The molecule has 1 saturated heterocycles. The summed E-state index contributed by atoms with van der Waals surface area (Å²) in [6.45, 7) is 1.69. The summed E-state index contributed by atoms with van der Waals surface area (Å²) in [6, 6.07) is 20.4. The highest BCUT2D eigenvalue weighted by molar-refractivity contribution is 5.95. The third-order valence-electron chi connectivity index (χ3n) is 4.82. The Labute approximate surface area is 159 Å². The van der Waals surface area contributed by atoms with Gasteiger partial charge in [-0.05, 0) is 24.0 Å². The second kappa shape index (κ2) is 9.44. The molecule has 0 saturated carbocycles. The van der Waals surface area contributed by atoms with Crippen LogP contribution in [0.2, 0.25) is 0 Å². The maximum Gasteiger partial charge on any atom is 0.310 e. The van der Waals surface area contributed by atoms with Crippen LogP contribution in [0.4, 0.5) is 0 Å². The molecule has 0 atom stereocenters. The molecule has 2 aromatic rings. The molecule has 2 aromatic carbocycles. The van der Waals surface area contributed by atoms with Crippen LogP contribution in [0.1, 0.15) is 36.5 Å². The van der Waals surface area contributed by atoms with E-state index in [-0.39, 0.29) is 24.5 Å². The Bertz CT molecular complexity index is 700. The van der Waals surface area contributed by atoms with Gasteiger partial charge in [0.05, 0.1) is 12.6 Å². The normalized spacial score (nSPS) is 15.7. The van der Waals surface area contributed by atoms with Crippen molar-refractivity contribution >= 4 is 11.8 Å². The van der Waals surface area contributed by atoms with E-state index in [0.717, 1.165) is 37.1 Å². The number of rotatable bonds is 8. The van der Waals surface area contributed by atoms with Crippen molar-refractivity contribution in [2.45, 2.75) is 31.5 Å². The first-order valence-corrected chi connectivity index (χ1v) is 9.33. The lowest BCUT2D eigenvalue weighted by Gasteiger charge is -2.33. The number of ketones is 1. The van der Waals surface area contributed by atoms with Gasteiger partial charge in [0.15, 0.2) is 5.78 Å². The fourth-order valence-electron chi connectivity index (χ4n) is 3.48. The number of hydrogen-bond donors (Lipinski definition) is 1. The van der Waals surface area contributed by atoms with Crippen molar-refractivity contribution in [3.63, 3.8) is 0 Å². The van der Waals surface area contributed by atoms with E-state index in [1.165, 1.54) is 0 Å². The van der Waals surface area contributed by atoms with Crippen molar-refractivity contribution in [2.24, 2.45) is 0 Å². The lowest BCUT2D eigenvalue weighted by molar-refractivity contribution is -0.140. The van der Waals surface area contributed by atoms with E-state index in [9.17, 15) is 9.59 Å². The van der Waals surface area contributed by atoms with Crippen molar-refractivity contribution in [1.82, 2.24) is 4.90 Å². The minimum atomic E-state index is -1.06. The highest BCUT2D eigenvalue weighted by atomic mass is 16.5. The first kappa shape index (κ1) is 19.3. The largest absolute Gasteiger partial charge is 0.481 e. The molecule has 1 fully saturated rings. The molecule has 27 heavy (non-hydrogen) atoms. The molecular formula is C22H25NO4. The molecule has 1 aliphatic rings. The van der Waals surface area contributed by atoms with Gasteiger partial charge in [0.2, 0.25) is 0 Å². The molecule has 5 nitrogen and oxygen atoms in total. The summed E-state index contributed by atoms with van der Waals surface area (Å²) in [5, 5.41) is 8.71. The standard InChI is InChI=1S/C22H25NO4/c24-19(15-21(25)26)16-23-13-11-20(12-14-23)27-22(17-7-3-1-4-8-17)18-9-5-2-6-10-18/h1-10,20,22H,11-16H2,(H,25,26). The number of aliphatic carboxylic acids is 1. The predicted molar refractivity (Wildman–Crippen MR) is 103 cm³/mol. The molecule has 0 bridgehead atoms. The second-order valence-corrected chi connectivity index (χ2v) is 6.92. The number of likely N-dealkylation sites (tertiary alicyclic amines) is 1. The monoisotopic (exact) mass is 367 g/mol. The smallest absolute Gasteiger partial charge is 0.310 e. The molecular weight excluding hydrogens is 342 g/mol. The Morgan fingerprint density at radius 1 is 0.963 bits per heavy atom. The predicted octanol–water partition coefficient (Wildman–Crippen LogP) is 3.30. The molecule has 0 amide bonds. The van der Waals surface area contributed by atoms with Gasteiger partial charge in [-0.3, -0.25) is 14.5 Å². The highest BCUT2D eigenvalue weighted by Crippen LogP contribution is 2.29. The van der Waals surface area contributed by atoms with Crippen LogP contribution >= 0.6 is 0 Å². The lowest BCUT2D eigenvalue weighted by atomic mass is 10.00. The number of Topliss-reactive ketones (excluding diaryl/α,β-unsaturated/α-hetero) is 1. The van der Waals surface area contributed by atoms with Gasteiger partial charge in [0, 0.05) is 13.1 Å². The Balaban J connectivity index is 1.60. The Hall–Kier alpha value is -2.50. The van der Waals surface area contributed by atoms with E-state index in [2.05, 4.69) is 24.3 Å². The number of carbonyl (C=O) groups excluding carboxylic acids is 1. The van der Waals surface area contributed by atoms with Gasteiger partial charge in [-0.25, -0.2) is 0 Å². The van der Waals surface area contributed by atoms with Crippen molar-refractivity contribution in [1.29, 1.82) is 0 Å². The second-order valence-electron chi connectivity index (χ2n) is 6.92. The van der Waals surface area contributed by atoms with E-state index in [4.69, 9.17) is 9.84 Å². The first-order valence-electron chi connectivity index (χ1n) is 9.33. The van der Waals surface area contributed by atoms with Crippen molar-refractivity contribution in [3.8, 4) is 0 Å². The maximum absolute atomic E-state index is 11.7. The van der Waals surface area contributed by atoms with E-state index in [1.807, 2.05) is 41.3 Å². The summed E-state index contributed by atoms with van der Waals surface area (Å²) in [4.78, 5) is 24.4. The lowest BCUT2D eigenvalue weighted by Crippen LogP contribution is -2.40. The average molecular weight is 367 g/mol. The number of piperidine rings is 1. The van der Waals surface area contributed by atoms with Crippen LogP contribution < -0.4 is 0 Å². The topological polar surface area (TPSA) is 66.8 Å². The molecule has 5 heteroatoms. The SMILES string of the molecule is O=C(O)CC(=O)CN1CCC(OC(c2ccccc2)c2ccccc2)CC1. The van der Waals surface area contributed by atoms with Crippen LogP contribution in [0.15, 0.2) is 60.7 Å². The van der Waals surface area contributed by atoms with Crippen LogP contribution in [0.5, 0.6) is 0 Å². The Kier molecular flexibility index (Phi) is 6.74.